The second-order valence-corrected chi connectivity index (χ2v) is 4.80. The van der Waals surface area contributed by atoms with Crippen LogP contribution >= 0.6 is 7.60 Å². The molecule has 0 amide bonds. The highest BCUT2D eigenvalue weighted by atomic mass is 31.2. The monoisotopic (exact) mass is 222 g/mol. The molecule has 0 saturated heterocycles. The molecule has 0 bridgehead atoms. The summed E-state index contributed by atoms with van der Waals surface area (Å²) in [7, 11) is -2.89. The number of rotatable bonds is 8. The molecule has 84 valence electrons. The minimum absolute atomic E-state index is 0.00751. The number of allylic oxidation sites excluding steroid dienone is 1. The van der Waals surface area contributed by atoms with Crippen molar-refractivity contribution in [2.45, 2.75) is 20.3 Å². The van der Waals surface area contributed by atoms with Gasteiger partial charge in [0.25, 0.3) is 0 Å². The summed E-state index contributed by atoms with van der Waals surface area (Å²) in [5.74, 6) is 0. The molecule has 0 aliphatic heterocycles. The molecule has 14 heavy (non-hydrogen) atoms. The standard InChI is InChI=1S/C9H19O4P/c1-3-12-14(11,13-4-2)9-7-5-6-8-10/h5-6,10H,3-4,7-9H2,1-2H3/b6-5+. The maximum Gasteiger partial charge on any atom is 0.330 e. The maximum atomic E-state index is 11.8. The summed E-state index contributed by atoms with van der Waals surface area (Å²) < 4.78 is 22.0. The van der Waals surface area contributed by atoms with Crippen molar-refractivity contribution in [2.75, 3.05) is 26.0 Å². The Hall–Kier alpha value is -0.150. The van der Waals surface area contributed by atoms with Crippen LogP contribution in [-0.2, 0) is 13.6 Å². The highest BCUT2D eigenvalue weighted by molar-refractivity contribution is 7.53. The largest absolute Gasteiger partial charge is 0.392 e. The fourth-order valence-electron chi connectivity index (χ4n) is 0.985. The van der Waals surface area contributed by atoms with E-state index in [0.717, 1.165) is 0 Å². The van der Waals surface area contributed by atoms with Crippen LogP contribution in [0.1, 0.15) is 20.3 Å². The van der Waals surface area contributed by atoms with Gasteiger partial charge in [-0.3, -0.25) is 4.57 Å². The summed E-state index contributed by atoms with van der Waals surface area (Å²) >= 11 is 0. The van der Waals surface area contributed by atoms with E-state index in [9.17, 15) is 4.57 Å². The Balaban J connectivity index is 3.95. The second-order valence-electron chi connectivity index (χ2n) is 2.61. The minimum Gasteiger partial charge on any atom is -0.392 e. The van der Waals surface area contributed by atoms with Crippen LogP contribution in [0, 0.1) is 0 Å². The second kappa shape index (κ2) is 8.18. The number of hydrogen-bond donors (Lipinski definition) is 1. The lowest BCUT2D eigenvalue weighted by Gasteiger charge is -2.15. The van der Waals surface area contributed by atoms with Crippen molar-refractivity contribution in [3.8, 4) is 0 Å². The van der Waals surface area contributed by atoms with E-state index < -0.39 is 7.60 Å². The number of hydrogen-bond acceptors (Lipinski definition) is 4. The lowest BCUT2D eigenvalue weighted by atomic mass is 10.4. The van der Waals surface area contributed by atoms with Gasteiger partial charge >= 0.3 is 7.60 Å². The van der Waals surface area contributed by atoms with Gasteiger partial charge in [0.05, 0.1) is 26.0 Å². The Morgan fingerprint density at radius 2 is 1.79 bits per heavy atom. The average molecular weight is 222 g/mol. The van der Waals surface area contributed by atoms with E-state index in [-0.39, 0.29) is 6.61 Å². The SMILES string of the molecule is CCOP(=O)(CC/C=C/CO)OCC. The molecule has 0 atom stereocenters. The fraction of sp³-hybridized carbons (Fsp3) is 0.778. The van der Waals surface area contributed by atoms with Crippen LogP contribution in [0.2, 0.25) is 0 Å². The molecule has 0 aromatic carbocycles. The van der Waals surface area contributed by atoms with Crippen LogP contribution in [0.15, 0.2) is 12.2 Å². The zero-order valence-corrected chi connectivity index (χ0v) is 9.70. The van der Waals surface area contributed by atoms with Crippen LogP contribution in [0.3, 0.4) is 0 Å². The van der Waals surface area contributed by atoms with Crippen molar-refractivity contribution in [2.24, 2.45) is 0 Å². The first kappa shape index (κ1) is 13.8. The first-order valence-corrected chi connectivity index (χ1v) is 6.55. The minimum atomic E-state index is -2.89. The van der Waals surface area contributed by atoms with Gasteiger partial charge in [-0.15, -0.1) is 0 Å². The molecule has 0 rings (SSSR count). The van der Waals surface area contributed by atoms with Crippen molar-refractivity contribution < 1.29 is 18.7 Å². The maximum absolute atomic E-state index is 11.8. The van der Waals surface area contributed by atoms with Crippen molar-refractivity contribution in [3.05, 3.63) is 12.2 Å². The zero-order chi connectivity index (χ0) is 10.9. The van der Waals surface area contributed by atoms with Gasteiger partial charge in [0.2, 0.25) is 0 Å². The van der Waals surface area contributed by atoms with E-state index in [1.165, 1.54) is 0 Å². The molecule has 0 aromatic rings. The smallest absolute Gasteiger partial charge is 0.330 e. The van der Waals surface area contributed by atoms with Gasteiger partial charge in [0, 0.05) is 0 Å². The Morgan fingerprint density at radius 3 is 2.21 bits per heavy atom. The third-order valence-corrected chi connectivity index (χ3v) is 3.60. The normalized spacial score (nSPS) is 12.5. The van der Waals surface area contributed by atoms with E-state index in [2.05, 4.69) is 0 Å². The van der Waals surface area contributed by atoms with Crippen LogP contribution in [0.25, 0.3) is 0 Å². The lowest BCUT2D eigenvalue weighted by molar-refractivity contribution is 0.220. The molecule has 0 spiro atoms. The van der Waals surface area contributed by atoms with Gasteiger partial charge in [-0.05, 0) is 20.3 Å². The van der Waals surface area contributed by atoms with Crippen LogP contribution < -0.4 is 0 Å². The molecule has 0 aromatic heterocycles. The van der Waals surface area contributed by atoms with Gasteiger partial charge in [-0.2, -0.15) is 0 Å². The Labute approximate surface area is 85.5 Å². The molecule has 1 N–H and O–H groups in total. The molecule has 0 fully saturated rings. The molecule has 0 saturated carbocycles. The molecule has 4 nitrogen and oxygen atoms in total. The summed E-state index contributed by atoms with van der Waals surface area (Å²) in [4.78, 5) is 0. The molecular formula is C9H19O4P. The third kappa shape index (κ3) is 6.33. The first-order chi connectivity index (χ1) is 6.68. The van der Waals surface area contributed by atoms with E-state index in [1.807, 2.05) is 0 Å². The summed E-state index contributed by atoms with van der Waals surface area (Å²) in [5.41, 5.74) is 0. The van der Waals surface area contributed by atoms with E-state index in [0.29, 0.717) is 25.8 Å². The topological polar surface area (TPSA) is 55.8 Å². The van der Waals surface area contributed by atoms with Crippen LogP contribution in [0.4, 0.5) is 0 Å². The number of aliphatic hydroxyl groups is 1. The van der Waals surface area contributed by atoms with Gasteiger partial charge in [0.1, 0.15) is 0 Å². The highest BCUT2D eigenvalue weighted by Crippen LogP contribution is 2.48. The van der Waals surface area contributed by atoms with Crippen LogP contribution in [0.5, 0.6) is 0 Å². The highest BCUT2D eigenvalue weighted by Gasteiger charge is 2.21. The Bertz CT molecular complexity index is 193. The van der Waals surface area contributed by atoms with E-state index in [1.54, 1.807) is 26.0 Å². The van der Waals surface area contributed by atoms with Gasteiger partial charge in [0.15, 0.2) is 0 Å². The van der Waals surface area contributed by atoms with Crippen molar-refractivity contribution in [1.29, 1.82) is 0 Å². The van der Waals surface area contributed by atoms with E-state index in [4.69, 9.17) is 14.2 Å². The van der Waals surface area contributed by atoms with Crippen molar-refractivity contribution in [1.82, 2.24) is 0 Å². The molecule has 0 unspecified atom stereocenters. The van der Waals surface area contributed by atoms with Crippen molar-refractivity contribution in [3.63, 3.8) is 0 Å². The lowest BCUT2D eigenvalue weighted by Crippen LogP contribution is -1.99. The van der Waals surface area contributed by atoms with Gasteiger partial charge < -0.3 is 14.2 Å². The Kier molecular flexibility index (Phi) is 8.09. The summed E-state index contributed by atoms with van der Waals surface area (Å²) in [5, 5.41) is 8.48. The van der Waals surface area contributed by atoms with Gasteiger partial charge in [-0.25, -0.2) is 0 Å². The molecule has 0 radical (unpaired) electrons. The summed E-state index contributed by atoms with van der Waals surface area (Å²) in [6.07, 6.45) is 4.34. The Morgan fingerprint density at radius 1 is 1.21 bits per heavy atom. The third-order valence-electron chi connectivity index (χ3n) is 1.49. The average Bonchev–Trinajstić information content (AvgIpc) is 2.13. The quantitative estimate of drug-likeness (QED) is 0.505. The molecular weight excluding hydrogens is 203 g/mol. The zero-order valence-electron chi connectivity index (χ0n) is 8.81. The predicted octanol–water partition coefficient (Wildman–Crippen LogP) is 2.19. The molecule has 0 aliphatic carbocycles. The van der Waals surface area contributed by atoms with Crippen molar-refractivity contribution >= 4 is 7.60 Å². The fourth-order valence-corrected chi connectivity index (χ4v) is 2.57. The van der Waals surface area contributed by atoms with Crippen LogP contribution in [-0.4, -0.2) is 31.1 Å². The number of aliphatic hydroxyl groups excluding tert-OH is 1. The predicted molar refractivity (Wildman–Crippen MR) is 56.6 cm³/mol. The molecule has 5 heteroatoms. The van der Waals surface area contributed by atoms with Gasteiger partial charge in [-0.1, -0.05) is 12.2 Å². The summed E-state index contributed by atoms with van der Waals surface area (Å²) in [6, 6.07) is 0. The first-order valence-electron chi connectivity index (χ1n) is 4.82. The van der Waals surface area contributed by atoms with E-state index >= 15 is 0 Å². The molecule has 0 aliphatic rings. The molecule has 0 heterocycles. The summed E-state index contributed by atoms with van der Waals surface area (Å²) in [6.45, 7) is 4.36.